The van der Waals surface area contributed by atoms with Gasteiger partial charge in [-0.05, 0) is 25.1 Å². The van der Waals surface area contributed by atoms with E-state index in [1.165, 1.54) is 36.4 Å². The summed E-state index contributed by atoms with van der Waals surface area (Å²) in [7, 11) is -4.22. The number of benzene rings is 2. The molecule has 2 rings (SSSR count). The zero-order valence-corrected chi connectivity index (χ0v) is 13.0. The Hall–Kier alpha value is -2.57. The van der Waals surface area contributed by atoms with Gasteiger partial charge < -0.3 is 14.2 Å². The summed E-state index contributed by atoms with van der Waals surface area (Å²) in [6, 6.07) is 11.2. The lowest BCUT2D eigenvalue weighted by atomic mass is 10.3. The van der Waals surface area contributed by atoms with Crippen LogP contribution in [0.3, 0.4) is 0 Å². The molecule has 1 unspecified atom stereocenters. The van der Waals surface area contributed by atoms with Gasteiger partial charge in [0.1, 0.15) is 0 Å². The van der Waals surface area contributed by atoms with Crippen molar-refractivity contribution in [2.75, 3.05) is 6.61 Å². The normalized spacial score (nSPS) is 13.1. The third kappa shape index (κ3) is 4.21. The first-order valence-corrected chi connectivity index (χ1v) is 8.06. The van der Waals surface area contributed by atoms with Crippen LogP contribution in [0.15, 0.2) is 48.5 Å². The molecule has 0 aliphatic rings. The van der Waals surface area contributed by atoms with Crippen LogP contribution in [0.2, 0.25) is 0 Å². The summed E-state index contributed by atoms with van der Waals surface area (Å²) in [5.74, 6) is -0.647. The van der Waals surface area contributed by atoms with Crippen LogP contribution in [-0.2, 0) is 9.09 Å². The van der Waals surface area contributed by atoms with Crippen LogP contribution < -0.4 is 9.05 Å². The molecular formula is C14H14NO7P. The molecule has 2 aromatic rings. The van der Waals surface area contributed by atoms with Crippen LogP contribution in [0.25, 0.3) is 0 Å². The maximum Gasteiger partial charge on any atom is 0.587 e. The Morgan fingerprint density at radius 2 is 1.65 bits per heavy atom. The Bertz CT molecular complexity index is 749. The molecule has 0 saturated heterocycles. The number of phosphoric acid groups is 1. The van der Waals surface area contributed by atoms with E-state index in [-0.39, 0.29) is 29.5 Å². The quantitative estimate of drug-likeness (QED) is 0.463. The molecule has 0 radical (unpaired) electrons. The second-order valence-corrected chi connectivity index (χ2v) is 5.76. The molecule has 0 saturated carbocycles. The van der Waals surface area contributed by atoms with E-state index in [2.05, 4.69) is 0 Å². The summed E-state index contributed by atoms with van der Waals surface area (Å²) in [6.07, 6.45) is 0. The summed E-state index contributed by atoms with van der Waals surface area (Å²) in [4.78, 5) is 10.3. The van der Waals surface area contributed by atoms with E-state index in [1.807, 2.05) is 0 Å². The van der Waals surface area contributed by atoms with Gasteiger partial charge in [-0.3, -0.25) is 14.6 Å². The van der Waals surface area contributed by atoms with Crippen molar-refractivity contribution in [3.05, 3.63) is 58.6 Å². The van der Waals surface area contributed by atoms with Crippen molar-refractivity contribution in [1.29, 1.82) is 0 Å². The number of aromatic hydroxyl groups is 1. The number of phosphoric ester groups is 1. The first-order valence-electron chi connectivity index (χ1n) is 6.60. The minimum absolute atomic E-state index is 0.0223. The second kappa shape index (κ2) is 7.13. The highest BCUT2D eigenvalue weighted by Gasteiger charge is 2.33. The summed E-state index contributed by atoms with van der Waals surface area (Å²) in [5, 5.41) is 20.7. The highest BCUT2D eigenvalue weighted by atomic mass is 31.2. The molecule has 23 heavy (non-hydrogen) atoms. The van der Waals surface area contributed by atoms with E-state index in [1.54, 1.807) is 19.1 Å². The Kier molecular flexibility index (Phi) is 5.20. The monoisotopic (exact) mass is 339 g/mol. The first kappa shape index (κ1) is 16.8. The fourth-order valence-corrected chi connectivity index (χ4v) is 2.94. The lowest BCUT2D eigenvalue weighted by Crippen LogP contribution is -2.06. The fourth-order valence-electron chi connectivity index (χ4n) is 1.69. The van der Waals surface area contributed by atoms with Gasteiger partial charge in [0, 0.05) is 6.07 Å². The molecule has 0 bridgehead atoms. The van der Waals surface area contributed by atoms with Gasteiger partial charge in [0.15, 0.2) is 11.5 Å². The van der Waals surface area contributed by atoms with Crippen molar-refractivity contribution in [3.63, 3.8) is 0 Å². The van der Waals surface area contributed by atoms with E-state index in [9.17, 15) is 19.8 Å². The van der Waals surface area contributed by atoms with Gasteiger partial charge in [0.2, 0.25) is 5.75 Å². The van der Waals surface area contributed by atoms with E-state index in [0.717, 1.165) is 0 Å². The third-order valence-electron chi connectivity index (χ3n) is 2.63. The predicted octanol–water partition coefficient (Wildman–Crippen LogP) is 3.90. The number of rotatable bonds is 7. The van der Waals surface area contributed by atoms with E-state index in [0.29, 0.717) is 0 Å². The molecule has 122 valence electrons. The molecule has 0 aliphatic carbocycles. The lowest BCUT2D eigenvalue weighted by Gasteiger charge is -2.18. The van der Waals surface area contributed by atoms with Gasteiger partial charge in [-0.15, -0.1) is 0 Å². The standard InChI is InChI=1S/C14H14NO7P/c1-2-20-23(19,22-14-10-6-4-8-12(14)16)21-13-9-5-3-7-11(13)15(17)18/h3-10,16H,2H2,1H3. The molecule has 0 aliphatic heterocycles. The molecule has 0 heterocycles. The minimum Gasteiger partial charge on any atom is -0.504 e. The summed E-state index contributed by atoms with van der Waals surface area (Å²) < 4.78 is 28.0. The van der Waals surface area contributed by atoms with Crippen molar-refractivity contribution >= 4 is 13.5 Å². The van der Waals surface area contributed by atoms with Crippen LogP contribution in [0.4, 0.5) is 5.69 Å². The maximum absolute atomic E-state index is 12.7. The molecule has 0 amide bonds. The molecule has 0 fully saturated rings. The van der Waals surface area contributed by atoms with Crippen molar-refractivity contribution in [2.45, 2.75) is 6.92 Å². The van der Waals surface area contributed by atoms with Crippen molar-refractivity contribution < 1.29 is 28.2 Å². The SMILES string of the molecule is CCOP(=O)(Oc1ccccc1O)Oc1ccccc1[N+](=O)[O-]. The average molecular weight is 339 g/mol. The molecule has 8 nitrogen and oxygen atoms in total. The third-order valence-corrected chi connectivity index (χ3v) is 4.05. The highest BCUT2D eigenvalue weighted by molar-refractivity contribution is 7.49. The average Bonchev–Trinajstić information content (AvgIpc) is 2.50. The second-order valence-electron chi connectivity index (χ2n) is 4.24. The topological polar surface area (TPSA) is 108 Å². The van der Waals surface area contributed by atoms with E-state index < -0.39 is 12.7 Å². The number of nitro groups is 1. The largest absolute Gasteiger partial charge is 0.587 e. The zero-order valence-electron chi connectivity index (χ0n) is 12.1. The summed E-state index contributed by atoms with van der Waals surface area (Å²) in [6.45, 7) is 1.54. The van der Waals surface area contributed by atoms with Crippen LogP contribution in [0.5, 0.6) is 17.2 Å². The Morgan fingerprint density at radius 3 is 2.26 bits per heavy atom. The molecular weight excluding hydrogens is 325 g/mol. The van der Waals surface area contributed by atoms with Crippen LogP contribution >= 0.6 is 7.82 Å². The molecule has 0 aromatic heterocycles. The highest BCUT2D eigenvalue weighted by Crippen LogP contribution is 2.52. The maximum atomic E-state index is 12.7. The fraction of sp³-hybridized carbons (Fsp3) is 0.143. The first-order chi connectivity index (χ1) is 10.9. The van der Waals surface area contributed by atoms with Crippen LogP contribution in [-0.4, -0.2) is 16.6 Å². The van der Waals surface area contributed by atoms with Crippen LogP contribution in [0, 0.1) is 10.1 Å². The lowest BCUT2D eigenvalue weighted by molar-refractivity contribution is -0.385. The van der Waals surface area contributed by atoms with E-state index in [4.69, 9.17) is 13.6 Å². The molecule has 2 aromatic carbocycles. The number of hydrogen-bond donors (Lipinski definition) is 1. The molecule has 1 atom stereocenters. The van der Waals surface area contributed by atoms with Crippen molar-refractivity contribution in [2.24, 2.45) is 0 Å². The zero-order chi connectivity index (χ0) is 16.9. The molecule has 0 spiro atoms. The van der Waals surface area contributed by atoms with Gasteiger partial charge in [-0.25, -0.2) is 4.57 Å². The van der Waals surface area contributed by atoms with Gasteiger partial charge in [0.25, 0.3) is 0 Å². The summed E-state index contributed by atoms with van der Waals surface area (Å²) >= 11 is 0. The van der Waals surface area contributed by atoms with Gasteiger partial charge in [-0.2, -0.15) is 0 Å². The Balaban J connectivity index is 2.33. The smallest absolute Gasteiger partial charge is 0.504 e. The van der Waals surface area contributed by atoms with Crippen LogP contribution in [0.1, 0.15) is 6.92 Å². The number of nitro benzene ring substituents is 1. The Labute approximate surface area is 132 Å². The minimum atomic E-state index is -4.22. The van der Waals surface area contributed by atoms with Crippen molar-refractivity contribution in [3.8, 4) is 17.2 Å². The van der Waals surface area contributed by atoms with Gasteiger partial charge in [-0.1, -0.05) is 24.3 Å². The number of para-hydroxylation sites is 4. The molecule has 1 N–H and O–H groups in total. The Morgan fingerprint density at radius 1 is 1.09 bits per heavy atom. The number of nitrogens with zero attached hydrogens (tertiary/aromatic N) is 1. The predicted molar refractivity (Wildman–Crippen MR) is 81.7 cm³/mol. The number of hydrogen-bond acceptors (Lipinski definition) is 7. The van der Waals surface area contributed by atoms with Gasteiger partial charge >= 0.3 is 13.5 Å². The van der Waals surface area contributed by atoms with E-state index >= 15 is 0 Å². The molecule has 9 heteroatoms. The summed E-state index contributed by atoms with van der Waals surface area (Å²) in [5.41, 5.74) is -0.381. The van der Waals surface area contributed by atoms with Gasteiger partial charge in [0.05, 0.1) is 11.5 Å². The van der Waals surface area contributed by atoms with Crippen molar-refractivity contribution in [1.82, 2.24) is 0 Å². The number of phenols is 1. The number of phenolic OH excluding ortho intramolecular Hbond substituents is 1.